The lowest BCUT2D eigenvalue weighted by atomic mass is 9.98. The van der Waals surface area contributed by atoms with Gasteiger partial charge in [-0.1, -0.05) is 30.3 Å². The zero-order valence-corrected chi connectivity index (χ0v) is 24.4. The van der Waals surface area contributed by atoms with Crippen LogP contribution in [0.1, 0.15) is 32.1 Å². The van der Waals surface area contributed by atoms with Crippen molar-refractivity contribution in [2.24, 2.45) is 11.7 Å². The van der Waals surface area contributed by atoms with Crippen molar-refractivity contribution in [3.05, 3.63) is 42.5 Å². The number of aliphatic carboxylic acids is 1. The fourth-order valence-corrected chi connectivity index (χ4v) is 6.38. The Hall–Kier alpha value is -4.24. The molecule has 0 aromatic heterocycles. The summed E-state index contributed by atoms with van der Waals surface area (Å²) in [6.45, 7) is 1.23. The highest BCUT2D eigenvalue weighted by Gasteiger charge is 2.38. The van der Waals surface area contributed by atoms with E-state index in [0.29, 0.717) is 31.3 Å². The minimum absolute atomic E-state index is 0.0332. The van der Waals surface area contributed by atoms with E-state index >= 15 is 0 Å². The minimum atomic E-state index is -4.25. The molecule has 0 unspecified atom stereocenters. The van der Waals surface area contributed by atoms with Crippen molar-refractivity contribution in [2.45, 2.75) is 49.1 Å². The largest absolute Gasteiger partial charge is 0.474 e. The third-order valence-corrected chi connectivity index (χ3v) is 9.04. The van der Waals surface area contributed by atoms with E-state index in [-0.39, 0.29) is 42.4 Å². The Bertz CT molecular complexity index is 1500. The third-order valence-electron chi connectivity index (χ3n) is 7.57. The molecule has 1 heterocycles. The molecule has 4 rings (SSSR count). The van der Waals surface area contributed by atoms with Crippen molar-refractivity contribution >= 4 is 50.4 Å². The van der Waals surface area contributed by atoms with E-state index in [1.807, 2.05) is 12.1 Å². The summed E-state index contributed by atoms with van der Waals surface area (Å²) < 4.78 is 29.4. The molecule has 2 aliphatic rings. The van der Waals surface area contributed by atoms with Gasteiger partial charge in [0.05, 0.1) is 11.3 Å². The Kier molecular flexibility index (Phi) is 10.2. The lowest BCUT2D eigenvalue weighted by Crippen LogP contribution is -2.53. The molecular formula is C28H37N7O7S. The maximum atomic E-state index is 13.8. The van der Waals surface area contributed by atoms with Gasteiger partial charge in [0.25, 0.3) is 0 Å². The predicted molar refractivity (Wildman–Crippen MR) is 157 cm³/mol. The maximum Gasteiger partial charge on any atom is 0.394 e. The molecule has 2 fully saturated rings. The fourth-order valence-electron chi connectivity index (χ4n) is 5.16. The summed E-state index contributed by atoms with van der Waals surface area (Å²) in [4.78, 5) is 52.2. The van der Waals surface area contributed by atoms with Crippen LogP contribution < -0.4 is 21.1 Å². The van der Waals surface area contributed by atoms with E-state index in [1.54, 1.807) is 23.1 Å². The van der Waals surface area contributed by atoms with E-state index in [9.17, 15) is 27.6 Å². The van der Waals surface area contributed by atoms with Gasteiger partial charge in [-0.2, -0.15) is 4.72 Å². The van der Waals surface area contributed by atoms with Crippen LogP contribution in [0.4, 0.5) is 0 Å². The van der Waals surface area contributed by atoms with Gasteiger partial charge in [-0.05, 0) is 54.5 Å². The molecule has 15 heteroatoms. The highest BCUT2D eigenvalue weighted by Crippen LogP contribution is 2.28. The van der Waals surface area contributed by atoms with E-state index in [0.717, 1.165) is 18.2 Å². The molecule has 2 aromatic rings. The molecule has 1 aliphatic carbocycles. The molecule has 14 nitrogen and oxygen atoms in total. The molecule has 3 amide bonds. The Labute approximate surface area is 249 Å². The summed E-state index contributed by atoms with van der Waals surface area (Å²) in [6.07, 6.45) is 2.46. The average Bonchev–Trinajstić information content (AvgIpc) is 3.82. The molecule has 2 atom stereocenters. The fraction of sp³-hybridized carbons (Fsp3) is 0.464. The summed E-state index contributed by atoms with van der Waals surface area (Å²) in [7, 11) is -4.25. The van der Waals surface area contributed by atoms with Crippen molar-refractivity contribution in [3.63, 3.8) is 0 Å². The van der Waals surface area contributed by atoms with Crippen molar-refractivity contribution in [1.29, 1.82) is 5.41 Å². The predicted octanol–water partition coefficient (Wildman–Crippen LogP) is -0.210. The molecule has 0 spiro atoms. The van der Waals surface area contributed by atoms with Crippen LogP contribution in [0.2, 0.25) is 0 Å². The summed E-state index contributed by atoms with van der Waals surface area (Å²) in [5, 5.41) is 23.0. The molecule has 43 heavy (non-hydrogen) atoms. The van der Waals surface area contributed by atoms with Gasteiger partial charge in [0.2, 0.25) is 21.8 Å². The van der Waals surface area contributed by atoms with Crippen LogP contribution in [0, 0.1) is 11.3 Å². The van der Waals surface area contributed by atoms with Crippen LogP contribution in [0.15, 0.2) is 47.4 Å². The number of nitrogens with zero attached hydrogens (tertiary/aromatic N) is 2. The van der Waals surface area contributed by atoms with Gasteiger partial charge in [0.15, 0.2) is 5.96 Å². The molecule has 7 N–H and O–H groups in total. The zero-order valence-electron chi connectivity index (χ0n) is 23.6. The Morgan fingerprint density at radius 1 is 1.07 bits per heavy atom. The summed E-state index contributed by atoms with van der Waals surface area (Å²) in [5.41, 5.74) is 5.61. The number of hydrogen-bond acceptors (Lipinski definition) is 7. The van der Waals surface area contributed by atoms with E-state index in [1.165, 1.54) is 17.0 Å². The average molecular weight is 616 g/mol. The van der Waals surface area contributed by atoms with E-state index < -0.39 is 46.2 Å². The monoisotopic (exact) mass is 615 g/mol. The Morgan fingerprint density at radius 3 is 2.47 bits per heavy atom. The molecule has 232 valence electrons. The molecule has 1 saturated heterocycles. The Morgan fingerprint density at radius 2 is 1.79 bits per heavy atom. The maximum absolute atomic E-state index is 13.8. The number of fused-ring (bicyclic) bond motifs is 1. The van der Waals surface area contributed by atoms with Crippen LogP contribution in [0.5, 0.6) is 0 Å². The normalized spacial score (nSPS) is 17.6. The van der Waals surface area contributed by atoms with Gasteiger partial charge in [-0.3, -0.25) is 19.8 Å². The SMILES string of the molecule is N=C(N)N1CCC[C@@H](CNC(=O)C[C@H](NS(=O)(=O)c2ccc3ccccc3c2)C(=O)N(CCNC(=O)C(=O)O)C2CC2)C1. The first-order valence-electron chi connectivity index (χ1n) is 14.1. The van der Waals surface area contributed by atoms with Crippen molar-refractivity contribution in [3.8, 4) is 0 Å². The molecule has 2 aromatic carbocycles. The molecule has 1 saturated carbocycles. The second-order valence-corrected chi connectivity index (χ2v) is 12.6. The smallest absolute Gasteiger partial charge is 0.394 e. The third kappa shape index (κ3) is 8.64. The number of benzene rings is 2. The van der Waals surface area contributed by atoms with Gasteiger partial charge in [-0.15, -0.1) is 0 Å². The number of carbonyl (C=O) groups excluding carboxylic acids is 3. The van der Waals surface area contributed by atoms with Crippen LogP contribution >= 0.6 is 0 Å². The number of piperidine rings is 1. The summed E-state index contributed by atoms with van der Waals surface area (Å²) in [6, 6.07) is 10.1. The van der Waals surface area contributed by atoms with Crippen LogP contribution in [0.25, 0.3) is 10.8 Å². The van der Waals surface area contributed by atoms with Gasteiger partial charge in [0.1, 0.15) is 6.04 Å². The quantitative estimate of drug-likeness (QED) is 0.106. The molecule has 0 radical (unpaired) electrons. The molecule has 0 bridgehead atoms. The highest BCUT2D eigenvalue weighted by molar-refractivity contribution is 7.89. The lowest BCUT2D eigenvalue weighted by Gasteiger charge is -2.33. The number of guanidine groups is 1. The second kappa shape index (κ2) is 13.8. The molecular weight excluding hydrogens is 578 g/mol. The van der Waals surface area contributed by atoms with Gasteiger partial charge < -0.3 is 31.3 Å². The number of hydrogen-bond donors (Lipinski definition) is 6. The van der Waals surface area contributed by atoms with Crippen LogP contribution in [0.3, 0.4) is 0 Å². The number of carboxylic acids is 1. The first-order valence-corrected chi connectivity index (χ1v) is 15.6. The van der Waals surface area contributed by atoms with E-state index in [2.05, 4.69) is 15.4 Å². The Balaban J connectivity index is 1.50. The van der Waals surface area contributed by atoms with Gasteiger partial charge in [-0.25, -0.2) is 13.2 Å². The topological polar surface area (TPSA) is 215 Å². The number of carboxylic acid groups (broad SMARTS) is 1. The summed E-state index contributed by atoms with van der Waals surface area (Å²) in [5.74, 6) is -4.06. The van der Waals surface area contributed by atoms with Crippen LogP contribution in [-0.4, -0.2) is 97.8 Å². The number of likely N-dealkylation sites (tertiary alicyclic amines) is 1. The van der Waals surface area contributed by atoms with E-state index in [4.69, 9.17) is 16.2 Å². The number of carbonyl (C=O) groups is 4. The minimum Gasteiger partial charge on any atom is -0.474 e. The van der Waals surface area contributed by atoms with Crippen molar-refractivity contribution in [2.75, 3.05) is 32.7 Å². The second-order valence-electron chi connectivity index (χ2n) is 10.9. The van der Waals surface area contributed by atoms with Crippen molar-refractivity contribution < 1.29 is 32.7 Å². The standard InChI is InChI=1S/C28H37N7O7S/c29-28(30)34-12-3-4-18(17-34)16-32-24(36)15-23(26(38)35(21-8-9-21)13-11-31-25(37)27(39)40)33-43(41,42)22-10-7-19-5-1-2-6-20(19)14-22/h1-2,5-7,10,14,18,21,23,33H,3-4,8-9,11-13,15-17H2,(H3,29,30)(H,31,37)(H,32,36)(H,39,40)/t18-,23-/m0/s1. The zero-order chi connectivity index (χ0) is 31.1. The number of amides is 3. The van der Waals surface area contributed by atoms with Gasteiger partial charge in [0, 0.05) is 38.8 Å². The first kappa shape index (κ1) is 31.7. The highest BCUT2D eigenvalue weighted by atomic mass is 32.2. The molecule has 1 aliphatic heterocycles. The van der Waals surface area contributed by atoms with Crippen LogP contribution in [-0.2, 0) is 29.2 Å². The summed E-state index contributed by atoms with van der Waals surface area (Å²) >= 11 is 0. The number of sulfonamides is 1. The number of rotatable bonds is 12. The number of nitrogens with two attached hydrogens (primary N) is 1. The number of nitrogens with one attached hydrogen (secondary N) is 4. The van der Waals surface area contributed by atoms with Crippen molar-refractivity contribution in [1.82, 2.24) is 25.2 Å². The van der Waals surface area contributed by atoms with Gasteiger partial charge >= 0.3 is 11.9 Å². The lowest BCUT2D eigenvalue weighted by molar-refractivity contribution is -0.150. The first-order chi connectivity index (χ1) is 20.4.